The Morgan fingerprint density at radius 3 is 2.59 bits per heavy atom. The van der Waals surface area contributed by atoms with E-state index in [0.29, 0.717) is 6.04 Å². The summed E-state index contributed by atoms with van der Waals surface area (Å²) in [4.78, 5) is 0. The van der Waals surface area contributed by atoms with Crippen molar-refractivity contribution in [3.8, 4) is 0 Å². The molecule has 1 aliphatic carbocycles. The number of rotatable bonds is 3. The minimum atomic E-state index is -0.182. The molecule has 3 rings (SSSR count). The topological polar surface area (TPSA) is 56.7 Å². The van der Waals surface area contributed by atoms with E-state index in [1.165, 1.54) is 12.8 Å². The first kappa shape index (κ1) is 10.5. The monoisotopic (exact) mass is 228 g/mol. The Morgan fingerprint density at radius 2 is 1.94 bits per heavy atom. The van der Waals surface area contributed by atoms with Gasteiger partial charge in [-0.3, -0.25) is 0 Å². The number of benzene rings is 1. The lowest BCUT2D eigenvalue weighted by molar-refractivity contribution is 0.630. The lowest BCUT2D eigenvalue weighted by Crippen LogP contribution is -2.18. The van der Waals surface area contributed by atoms with Crippen molar-refractivity contribution in [1.82, 2.24) is 14.8 Å². The molecule has 1 aromatic heterocycles. The molecule has 0 radical (unpaired) electrons. The number of aryl methyl sites for hydroxylation is 1. The lowest BCUT2D eigenvalue weighted by atomic mass is 10.1. The van der Waals surface area contributed by atoms with Gasteiger partial charge in [0.1, 0.15) is 5.82 Å². The van der Waals surface area contributed by atoms with E-state index in [2.05, 4.69) is 14.8 Å². The summed E-state index contributed by atoms with van der Waals surface area (Å²) in [6, 6.07) is 10.4. The summed E-state index contributed by atoms with van der Waals surface area (Å²) in [5.74, 6) is 1.85. The third-order valence-corrected chi connectivity index (χ3v) is 3.24. The second-order valence-corrected chi connectivity index (χ2v) is 4.59. The van der Waals surface area contributed by atoms with Crippen LogP contribution >= 0.6 is 0 Å². The fourth-order valence-corrected chi connectivity index (χ4v) is 2.19. The van der Waals surface area contributed by atoms with Gasteiger partial charge in [0, 0.05) is 6.04 Å². The molecule has 0 spiro atoms. The quantitative estimate of drug-likeness (QED) is 0.873. The van der Waals surface area contributed by atoms with Crippen LogP contribution in [0.3, 0.4) is 0 Å². The molecule has 0 saturated heterocycles. The molecule has 0 unspecified atom stereocenters. The van der Waals surface area contributed by atoms with E-state index in [-0.39, 0.29) is 6.04 Å². The van der Waals surface area contributed by atoms with Gasteiger partial charge in [0.25, 0.3) is 0 Å². The Kier molecular flexibility index (Phi) is 2.44. The maximum atomic E-state index is 6.27. The maximum absolute atomic E-state index is 6.27. The summed E-state index contributed by atoms with van der Waals surface area (Å²) >= 11 is 0. The first-order valence-corrected chi connectivity index (χ1v) is 5.99. The molecular formula is C13H16N4. The second-order valence-electron chi connectivity index (χ2n) is 4.59. The summed E-state index contributed by atoms with van der Waals surface area (Å²) in [7, 11) is 0. The molecule has 0 amide bonds. The fourth-order valence-electron chi connectivity index (χ4n) is 2.19. The molecule has 1 aromatic carbocycles. The van der Waals surface area contributed by atoms with Crippen LogP contribution in [0.5, 0.6) is 0 Å². The van der Waals surface area contributed by atoms with Gasteiger partial charge < -0.3 is 10.3 Å². The molecule has 0 bridgehead atoms. The number of hydrogen-bond donors (Lipinski definition) is 1. The van der Waals surface area contributed by atoms with Crippen LogP contribution in [-0.4, -0.2) is 14.8 Å². The summed E-state index contributed by atoms with van der Waals surface area (Å²) < 4.78 is 2.19. The zero-order chi connectivity index (χ0) is 11.8. The second kappa shape index (κ2) is 3.96. The highest BCUT2D eigenvalue weighted by atomic mass is 15.3. The van der Waals surface area contributed by atoms with E-state index >= 15 is 0 Å². The molecule has 0 aliphatic heterocycles. The van der Waals surface area contributed by atoms with Gasteiger partial charge in [-0.05, 0) is 25.3 Å². The first-order valence-electron chi connectivity index (χ1n) is 5.99. The fraction of sp³-hybridized carbons (Fsp3) is 0.385. The number of aromatic nitrogens is 3. The highest BCUT2D eigenvalue weighted by molar-refractivity contribution is 5.25. The maximum Gasteiger partial charge on any atom is 0.154 e. The van der Waals surface area contributed by atoms with Gasteiger partial charge in [0.2, 0.25) is 0 Å². The lowest BCUT2D eigenvalue weighted by Gasteiger charge is -2.13. The van der Waals surface area contributed by atoms with Crippen molar-refractivity contribution in [1.29, 1.82) is 0 Å². The molecule has 1 atom stereocenters. The van der Waals surface area contributed by atoms with Crippen LogP contribution in [0.1, 0.15) is 42.1 Å². The number of nitrogens with two attached hydrogens (primary N) is 1. The first-order chi connectivity index (χ1) is 8.27. The number of nitrogens with zero attached hydrogens (tertiary/aromatic N) is 3. The molecule has 4 nitrogen and oxygen atoms in total. The molecule has 4 heteroatoms. The minimum absolute atomic E-state index is 0.182. The summed E-state index contributed by atoms with van der Waals surface area (Å²) in [5, 5.41) is 8.40. The van der Waals surface area contributed by atoms with Crippen molar-refractivity contribution in [2.24, 2.45) is 5.73 Å². The smallest absolute Gasteiger partial charge is 0.154 e. The molecular weight excluding hydrogens is 212 g/mol. The number of hydrogen-bond acceptors (Lipinski definition) is 3. The van der Waals surface area contributed by atoms with Gasteiger partial charge in [-0.25, -0.2) is 0 Å². The van der Waals surface area contributed by atoms with Crippen molar-refractivity contribution in [2.75, 3.05) is 0 Å². The molecule has 17 heavy (non-hydrogen) atoms. The van der Waals surface area contributed by atoms with Gasteiger partial charge >= 0.3 is 0 Å². The van der Waals surface area contributed by atoms with Crippen molar-refractivity contribution in [3.05, 3.63) is 47.5 Å². The Hall–Kier alpha value is -1.68. The van der Waals surface area contributed by atoms with E-state index in [4.69, 9.17) is 5.73 Å². The van der Waals surface area contributed by atoms with E-state index in [9.17, 15) is 0 Å². The zero-order valence-electron chi connectivity index (χ0n) is 9.87. The van der Waals surface area contributed by atoms with Crippen molar-refractivity contribution in [3.63, 3.8) is 0 Å². The molecule has 1 fully saturated rings. The van der Waals surface area contributed by atoms with Gasteiger partial charge in [0.05, 0.1) is 6.04 Å². The van der Waals surface area contributed by atoms with E-state index in [1.807, 2.05) is 37.3 Å². The minimum Gasteiger partial charge on any atom is -0.318 e. The van der Waals surface area contributed by atoms with Crippen LogP contribution in [0, 0.1) is 6.92 Å². The average Bonchev–Trinajstić information content (AvgIpc) is 3.13. The van der Waals surface area contributed by atoms with Crippen LogP contribution in [0.4, 0.5) is 0 Å². The Morgan fingerprint density at radius 1 is 1.24 bits per heavy atom. The predicted octanol–water partition coefficient (Wildman–Crippen LogP) is 1.97. The van der Waals surface area contributed by atoms with Crippen molar-refractivity contribution < 1.29 is 0 Å². The normalized spacial score (nSPS) is 17.1. The van der Waals surface area contributed by atoms with E-state index in [1.54, 1.807) is 0 Å². The molecule has 88 valence electrons. The standard InChI is InChI=1S/C13H16N4/c1-9-15-16-13(17(9)11-7-8-11)12(14)10-5-3-2-4-6-10/h2-6,11-12H,7-8,14H2,1H3/t12-/m0/s1. The van der Waals surface area contributed by atoms with Gasteiger partial charge in [-0.15, -0.1) is 10.2 Å². The third-order valence-electron chi connectivity index (χ3n) is 3.24. The molecule has 1 aliphatic rings. The van der Waals surface area contributed by atoms with E-state index < -0.39 is 0 Å². The van der Waals surface area contributed by atoms with Crippen LogP contribution in [0.25, 0.3) is 0 Å². The third kappa shape index (κ3) is 1.85. The van der Waals surface area contributed by atoms with Crippen LogP contribution in [0.15, 0.2) is 30.3 Å². The van der Waals surface area contributed by atoms with Gasteiger partial charge in [-0.1, -0.05) is 30.3 Å². The largest absolute Gasteiger partial charge is 0.318 e. The highest BCUT2D eigenvalue weighted by Crippen LogP contribution is 2.37. The predicted molar refractivity (Wildman–Crippen MR) is 65.5 cm³/mol. The Bertz CT molecular complexity index is 513. The van der Waals surface area contributed by atoms with Gasteiger partial charge in [0.15, 0.2) is 5.82 Å². The highest BCUT2D eigenvalue weighted by Gasteiger charge is 2.30. The Balaban J connectivity index is 1.99. The molecule has 2 N–H and O–H groups in total. The van der Waals surface area contributed by atoms with Crippen LogP contribution < -0.4 is 5.73 Å². The van der Waals surface area contributed by atoms with E-state index in [0.717, 1.165) is 17.2 Å². The summed E-state index contributed by atoms with van der Waals surface area (Å²) in [5.41, 5.74) is 7.36. The van der Waals surface area contributed by atoms with Gasteiger partial charge in [-0.2, -0.15) is 0 Å². The summed E-state index contributed by atoms with van der Waals surface area (Å²) in [6.07, 6.45) is 2.43. The Labute approximate surface area is 100 Å². The SMILES string of the molecule is Cc1nnc([C@@H](N)c2ccccc2)n1C1CC1. The van der Waals surface area contributed by atoms with Crippen LogP contribution in [0.2, 0.25) is 0 Å². The molecule has 2 aromatic rings. The molecule has 1 heterocycles. The van der Waals surface area contributed by atoms with Crippen LogP contribution in [-0.2, 0) is 0 Å². The average molecular weight is 228 g/mol. The van der Waals surface area contributed by atoms with Crippen molar-refractivity contribution in [2.45, 2.75) is 31.8 Å². The summed E-state index contributed by atoms with van der Waals surface area (Å²) in [6.45, 7) is 1.99. The molecule has 1 saturated carbocycles. The van der Waals surface area contributed by atoms with Crippen molar-refractivity contribution >= 4 is 0 Å². The zero-order valence-corrected chi connectivity index (χ0v) is 9.87.